The Labute approximate surface area is 102 Å². The van der Waals surface area contributed by atoms with Crippen molar-refractivity contribution in [2.45, 2.75) is 6.92 Å². The number of hydrogen-bond acceptors (Lipinski definition) is 5. The zero-order valence-corrected chi connectivity index (χ0v) is 10.3. The highest BCUT2D eigenvalue weighted by Crippen LogP contribution is 2.17. The number of hydrogen-bond donors (Lipinski definition) is 3. The van der Waals surface area contributed by atoms with Gasteiger partial charge in [-0.15, -0.1) is 5.10 Å². The first-order valence-corrected chi connectivity index (χ1v) is 5.55. The van der Waals surface area contributed by atoms with Crippen LogP contribution >= 0.6 is 11.5 Å². The zero-order valence-electron chi connectivity index (χ0n) is 9.53. The van der Waals surface area contributed by atoms with E-state index in [0.29, 0.717) is 11.5 Å². The molecule has 1 aromatic rings. The Bertz CT molecular complexity index is 442. The molecule has 1 heterocycles. The summed E-state index contributed by atoms with van der Waals surface area (Å²) in [6, 6.07) is -0.426. The third-order valence-electron chi connectivity index (χ3n) is 1.71. The maximum Gasteiger partial charge on any atom is 0.319 e. The lowest BCUT2D eigenvalue weighted by molar-refractivity contribution is 0.0953. The second kappa shape index (κ2) is 5.94. The van der Waals surface area contributed by atoms with Crippen molar-refractivity contribution >= 4 is 28.5 Å². The van der Waals surface area contributed by atoms with E-state index in [1.807, 2.05) is 0 Å². The summed E-state index contributed by atoms with van der Waals surface area (Å²) in [7, 11) is 1.48. The standard InChI is InChI=1S/C9H13N5O2S/c1-5(2)4-11-7(15)6-8(17-14-13-6)12-9(16)10-3/h1,4H2,2-3H3,(H,11,15)(H2,10,12,16). The third-order valence-corrected chi connectivity index (χ3v) is 2.35. The molecule has 3 N–H and O–H groups in total. The molecular weight excluding hydrogens is 242 g/mol. The quantitative estimate of drug-likeness (QED) is 0.686. The molecular formula is C9H13N5O2S. The van der Waals surface area contributed by atoms with Gasteiger partial charge in [-0.2, -0.15) is 0 Å². The number of anilines is 1. The van der Waals surface area contributed by atoms with Crippen molar-refractivity contribution in [3.05, 3.63) is 17.8 Å². The van der Waals surface area contributed by atoms with Crippen molar-refractivity contribution in [1.82, 2.24) is 20.2 Å². The summed E-state index contributed by atoms with van der Waals surface area (Å²) in [5.74, 6) is -0.395. The molecule has 0 bridgehead atoms. The molecule has 17 heavy (non-hydrogen) atoms. The number of rotatable bonds is 4. The lowest BCUT2D eigenvalue weighted by Crippen LogP contribution is -2.28. The third kappa shape index (κ3) is 3.83. The second-order valence-corrected chi connectivity index (χ2v) is 4.05. The van der Waals surface area contributed by atoms with E-state index in [9.17, 15) is 9.59 Å². The Kier molecular flexibility index (Phi) is 4.58. The van der Waals surface area contributed by atoms with Gasteiger partial charge in [0.15, 0.2) is 10.7 Å². The molecule has 0 aromatic carbocycles. The monoisotopic (exact) mass is 255 g/mol. The lowest BCUT2D eigenvalue weighted by Gasteiger charge is -2.04. The molecule has 3 amide bonds. The number of amides is 3. The van der Waals surface area contributed by atoms with Crippen LogP contribution in [0.1, 0.15) is 17.4 Å². The van der Waals surface area contributed by atoms with Crippen LogP contribution in [-0.2, 0) is 0 Å². The Balaban J connectivity index is 2.70. The van der Waals surface area contributed by atoms with Crippen molar-refractivity contribution in [1.29, 1.82) is 0 Å². The number of nitrogens with one attached hydrogen (secondary N) is 3. The largest absolute Gasteiger partial charge is 0.347 e. The van der Waals surface area contributed by atoms with Crippen LogP contribution < -0.4 is 16.0 Å². The van der Waals surface area contributed by atoms with E-state index >= 15 is 0 Å². The van der Waals surface area contributed by atoms with Gasteiger partial charge < -0.3 is 10.6 Å². The number of aromatic nitrogens is 2. The Morgan fingerprint density at radius 3 is 2.76 bits per heavy atom. The molecule has 0 aliphatic rings. The smallest absolute Gasteiger partial charge is 0.319 e. The van der Waals surface area contributed by atoms with Crippen LogP contribution in [0.25, 0.3) is 0 Å². The predicted molar refractivity (Wildman–Crippen MR) is 65.1 cm³/mol. The highest BCUT2D eigenvalue weighted by atomic mass is 32.1. The Morgan fingerprint density at radius 1 is 1.47 bits per heavy atom. The van der Waals surface area contributed by atoms with E-state index in [1.54, 1.807) is 6.92 Å². The molecule has 0 spiro atoms. The molecule has 0 aliphatic heterocycles. The first-order valence-electron chi connectivity index (χ1n) is 4.78. The number of nitrogens with zero attached hydrogens (tertiary/aromatic N) is 2. The van der Waals surface area contributed by atoms with Crippen molar-refractivity contribution in [2.75, 3.05) is 18.9 Å². The van der Waals surface area contributed by atoms with Gasteiger partial charge in [0.05, 0.1) is 0 Å². The summed E-state index contributed by atoms with van der Waals surface area (Å²) < 4.78 is 3.62. The maximum atomic E-state index is 11.7. The Morgan fingerprint density at radius 2 is 2.18 bits per heavy atom. The summed E-state index contributed by atoms with van der Waals surface area (Å²) in [5, 5.41) is 11.4. The summed E-state index contributed by atoms with van der Waals surface area (Å²) in [5.41, 5.74) is 0.919. The number of carbonyl (C=O) groups is 2. The van der Waals surface area contributed by atoms with E-state index in [-0.39, 0.29) is 5.69 Å². The van der Waals surface area contributed by atoms with Gasteiger partial charge in [0, 0.05) is 25.1 Å². The molecule has 7 nitrogen and oxygen atoms in total. The van der Waals surface area contributed by atoms with Crippen LogP contribution in [0, 0.1) is 0 Å². The van der Waals surface area contributed by atoms with E-state index in [4.69, 9.17) is 0 Å². The van der Waals surface area contributed by atoms with E-state index < -0.39 is 11.9 Å². The molecule has 0 atom stereocenters. The van der Waals surface area contributed by atoms with Gasteiger partial charge in [0.1, 0.15) is 0 Å². The van der Waals surface area contributed by atoms with Gasteiger partial charge in [0.25, 0.3) is 5.91 Å². The van der Waals surface area contributed by atoms with E-state index in [1.165, 1.54) is 7.05 Å². The average molecular weight is 255 g/mol. The van der Waals surface area contributed by atoms with Crippen LogP contribution in [0.4, 0.5) is 9.80 Å². The molecule has 0 saturated heterocycles. The average Bonchev–Trinajstić information content (AvgIpc) is 2.73. The zero-order chi connectivity index (χ0) is 12.8. The molecule has 0 saturated carbocycles. The lowest BCUT2D eigenvalue weighted by atomic mass is 10.3. The molecule has 0 fully saturated rings. The van der Waals surface area contributed by atoms with E-state index in [2.05, 4.69) is 32.1 Å². The highest BCUT2D eigenvalue weighted by molar-refractivity contribution is 7.10. The fraction of sp³-hybridized carbons (Fsp3) is 0.333. The molecule has 8 heteroatoms. The molecule has 1 rings (SSSR count). The van der Waals surface area contributed by atoms with Crippen LogP contribution in [-0.4, -0.2) is 35.1 Å². The fourth-order valence-corrected chi connectivity index (χ4v) is 1.46. The summed E-state index contributed by atoms with van der Waals surface area (Å²) in [4.78, 5) is 22.8. The second-order valence-electron chi connectivity index (χ2n) is 3.29. The minimum absolute atomic E-state index is 0.0971. The number of urea groups is 1. The van der Waals surface area contributed by atoms with E-state index in [0.717, 1.165) is 17.1 Å². The molecule has 1 aromatic heterocycles. The van der Waals surface area contributed by atoms with Crippen LogP contribution in [0.5, 0.6) is 0 Å². The summed E-state index contributed by atoms with van der Waals surface area (Å²) in [6.07, 6.45) is 0. The molecule has 92 valence electrons. The van der Waals surface area contributed by atoms with Crippen LogP contribution in [0.2, 0.25) is 0 Å². The summed E-state index contributed by atoms with van der Waals surface area (Å²) >= 11 is 0.940. The first-order chi connectivity index (χ1) is 8.04. The topological polar surface area (TPSA) is 96.0 Å². The SMILES string of the molecule is C=C(C)CNC(=O)c1nnsc1NC(=O)NC. The summed E-state index contributed by atoms with van der Waals surface area (Å²) in [6.45, 7) is 5.82. The highest BCUT2D eigenvalue weighted by Gasteiger charge is 2.17. The van der Waals surface area contributed by atoms with Crippen LogP contribution in [0.3, 0.4) is 0 Å². The van der Waals surface area contributed by atoms with Crippen molar-refractivity contribution in [3.63, 3.8) is 0 Å². The van der Waals surface area contributed by atoms with Gasteiger partial charge in [-0.25, -0.2) is 4.79 Å². The van der Waals surface area contributed by atoms with Crippen molar-refractivity contribution < 1.29 is 9.59 Å². The molecule has 0 radical (unpaired) electrons. The predicted octanol–water partition coefficient (Wildman–Crippen LogP) is 0.595. The number of carbonyl (C=O) groups excluding carboxylic acids is 2. The minimum atomic E-state index is -0.426. The van der Waals surface area contributed by atoms with Gasteiger partial charge in [-0.1, -0.05) is 16.6 Å². The molecule has 0 unspecified atom stereocenters. The maximum absolute atomic E-state index is 11.7. The van der Waals surface area contributed by atoms with Crippen molar-refractivity contribution in [2.24, 2.45) is 0 Å². The van der Waals surface area contributed by atoms with Crippen molar-refractivity contribution in [3.8, 4) is 0 Å². The molecule has 0 aliphatic carbocycles. The first kappa shape index (κ1) is 13.1. The minimum Gasteiger partial charge on any atom is -0.347 e. The normalized spacial score (nSPS) is 9.53. The Hall–Kier alpha value is -1.96. The van der Waals surface area contributed by atoms with Gasteiger partial charge in [-0.3, -0.25) is 10.1 Å². The van der Waals surface area contributed by atoms with Gasteiger partial charge in [-0.05, 0) is 6.92 Å². The van der Waals surface area contributed by atoms with Gasteiger partial charge in [0.2, 0.25) is 0 Å². The van der Waals surface area contributed by atoms with Gasteiger partial charge >= 0.3 is 6.03 Å². The van der Waals surface area contributed by atoms with Crippen LogP contribution in [0.15, 0.2) is 12.2 Å². The fourth-order valence-electron chi connectivity index (χ4n) is 0.902.